The van der Waals surface area contributed by atoms with Crippen LogP contribution in [0.3, 0.4) is 0 Å². The summed E-state index contributed by atoms with van der Waals surface area (Å²) in [6, 6.07) is 22.0. The predicted molar refractivity (Wildman–Crippen MR) is 379 cm³/mol. The number of carbonyl (C=O) groups is 14. The molecule has 102 heavy (non-hydrogen) atoms. The highest BCUT2D eigenvalue weighted by Crippen LogP contribution is 2.22. The quantitative estimate of drug-likeness (QED) is 0.0229. The lowest BCUT2D eigenvalue weighted by Crippen LogP contribution is -2.58. The number of hydrogen-bond acceptors (Lipinski definition) is 16. The average Bonchev–Trinajstić information content (AvgIpc) is 1.40. The molecule has 13 N–H and O–H groups in total. The van der Waals surface area contributed by atoms with E-state index in [4.69, 9.17) is 11.5 Å². The molecule has 1 fully saturated rings. The maximum absolute atomic E-state index is 14.9. The Balaban J connectivity index is 1.08. The first-order valence-corrected chi connectivity index (χ1v) is 34.6. The summed E-state index contributed by atoms with van der Waals surface area (Å²) in [5.41, 5.74) is 14.3. The van der Waals surface area contributed by atoms with Crippen molar-refractivity contribution < 1.29 is 72.2 Å². The summed E-state index contributed by atoms with van der Waals surface area (Å²) in [6.45, 7) is 2.67. The third-order valence-electron chi connectivity index (χ3n) is 17.0. The third kappa shape index (κ3) is 24.5. The van der Waals surface area contributed by atoms with Gasteiger partial charge in [-0.3, -0.25) is 67.1 Å². The van der Waals surface area contributed by atoms with Crippen molar-refractivity contribution in [2.75, 3.05) is 79.0 Å². The Bertz CT molecular complexity index is 3780. The fourth-order valence-corrected chi connectivity index (χ4v) is 12.3. The number of fused-ring (bicyclic) bond motifs is 1. The molecule has 1 saturated heterocycles. The Morgan fingerprint density at radius 1 is 0.588 bits per heavy atom. The number of carbonyl (C=O) groups excluding carboxylic acids is 14. The van der Waals surface area contributed by atoms with E-state index in [1.165, 1.54) is 62.3 Å². The number of rotatable bonds is 38. The normalized spacial score (nSPS) is 14.3. The number of nitrogens with zero attached hydrogens (tertiary/aromatic N) is 5. The van der Waals surface area contributed by atoms with E-state index in [9.17, 15) is 72.2 Å². The minimum atomic E-state index is -1.39. The van der Waals surface area contributed by atoms with E-state index in [1.807, 2.05) is 31.2 Å². The average molecular weight is 1430 g/mol. The van der Waals surface area contributed by atoms with Gasteiger partial charge in [0.1, 0.15) is 48.0 Å². The molecule has 1 aromatic heterocycles. The van der Waals surface area contributed by atoms with Gasteiger partial charge >= 0.3 is 0 Å². The summed E-state index contributed by atoms with van der Waals surface area (Å²) in [7, 11) is 5.51. The number of nitrogens with two attached hydrogens (primary N) is 2. The van der Waals surface area contributed by atoms with Crippen molar-refractivity contribution in [2.24, 2.45) is 17.4 Å². The molecular formula is C71H93N15O15S. The number of likely N-dealkylation sites (N-methyl/N-ethyl adjacent to an activating group) is 4. The highest BCUT2D eigenvalue weighted by molar-refractivity contribution is 8.00. The van der Waals surface area contributed by atoms with Crippen molar-refractivity contribution in [3.63, 3.8) is 0 Å². The van der Waals surface area contributed by atoms with Crippen molar-refractivity contribution in [3.8, 4) is 5.75 Å². The molecule has 0 bridgehead atoms. The van der Waals surface area contributed by atoms with Gasteiger partial charge in [0.15, 0.2) is 0 Å². The summed E-state index contributed by atoms with van der Waals surface area (Å²) >= 11 is 0.907. The fraction of sp³-hybridized carbons (Fsp3) is 0.437. The van der Waals surface area contributed by atoms with E-state index in [1.54, 1.807) is 80.7 Å². The first kappa shape index (κ1) is 80.1. The van der Waals surface area contributed by atoms with Crippen LogP contribution in [-0.2, 0) is 92.8 Å². The van der Waals surface area contributed by atoms with E-state index >= 15 is 0 Å². The Morgan fingerprint density at radius 3 is 1.78 bits per heavy atom. The summed E-state index contributed by atoms with van der Waals surface area (Å²) in [4.78, 5) is 199. The number of H-pyrrole nitrogens is 1. The number of para-hydroxylation sites is 1. The Kier molecular flexibility index (Phi) is 30.8. The van der Waals surface area contributed by atoms with Crippen molar-refractivity contribution >= 4 is 105 Å². The predicted octanol–water partition coefficient (Wildman–Crippen LogP) is -0.846. The lowest BCUT2D eigenvalue weighted by molar-refractivity contribution is -0.146. The first-order valence-electron chi connectivity index (χ1n) is 33.4. The number of aromatic nitrogens is 1. The number of phenols is 1. The maximum atomic E-state index is 14.9. The minimum Gasteiger partial charge on any atom is -0.508 e. The van der Waals surface area contributed by atoms with Crippen LogP contribution in [0.1, 0.15) is 68.7 Å². The molecule has 2 heterocycles. The van der Waals surface area contributed by atoms with Crippen molar-refractivity contribution in [1.29, 1.82) is 0 Å². The Morgan fingerprint density at radius 2 is 1.16 bits per heavy atom. The lowest BCUT2D eigenvalue weighted by Gasteiger charge is -2.33. The molecule has 0 radical (unpaired) electrons. The second-order valence-corrected chi connectivity index (χ2v) is 26.5. The zero-order valence-corrected chi connectivity index (χ0v) is 59.2. The smallest absolute Gasteiger partial charge is 0.245 e. The number of benzene rings is 4. The molecule has 0 aliphatic carbocycles. The van der Waals surface area contributed by atoms with Gasteiger partial charge in [0.05, 0.1) is 38.5 Å². The molecule has 5 aromatic rings. The highest BCUT2D eigenvalue weighted by Gasteiger charge is 2.39. The zero-order chi connectivity index (χ0) is 74.7. The van der Waals surface area contributed by atoms with Gasteiger partial charge in [-0.1, -0.05) is 112 Å². The number of aromatic amines is 1. The van der Waals surface area contributed by atoms with Gasteiger partial charge in [-0.25, -0.2) is 0 Å². The molecule has 0 saturated carbocycles. The van der Waals surface area contributed by atoms with Crippen LogP contribution in [-0.4, -0.2) is 239 Å². The number of hydrogen-bond donors (Lipinski definition) is 11. The lowest BCUT2D eigenvalue weighted by atomic mass is 10.0. The maximum Gasteiger partial charge on any atom is 0.245 e. The van der Waals surface area contributed by atoms with Crippen molar-refractivity contribution in [1.82, 2.24) is 66.7 Å². The van der Waals surface area contributed by atoms with E-state index in [-0.39, 0.29) is 74.8 Å². The number of nitrogens with one attached hydrogen (secondary N) is 8. The van der Waals surface area contributed by atoms with Crippen LogP contribution < -0.4 is 48.7 Å². The van der Waals surface area contributed by atoms with Gasteiger partial charge < -0.3 is 83.3 Å². The molecule has 548 valence electrons. The number of likely N-dealkylation sites (tertiary alicyclic amines) is 1. The monoisotopic (exact) mass is 1430 g/mol. The largest absolute Gasteiger partial charge is 0.508 e. The van der Waals surface area contributed by atoms with Crippen LogP contribution in [0.15, 0.2) is 115 Å². The molecule has 1 unspecified atom stereocenters. The standard InChI is InChI=1S/C71H93N15O15S/c1-8-18-61(92)83(5)40-63(94)86-30-17-25-55(86)68(98)80-54(66(96)75-36-57(72)88)41-102-42-60(91)78-52(31-44-19-11-9-12-20-44)67(97)81-64(43(2)3)69(99)76-37-62(93)82(4)38-58(89)79-53(32-46-26-28-48(87)29-27-46)70(100)85(7)56(33-45-21-13-10-14-22-45)71(101)84(6)39-59(90)77-51(65(73)95)34-47-35-74-50-24-16-15-23-49(47)50/h9-16,19-24,26-29,35,43,51-56,64,74,87H,8,17-18,25,30-34,36-42H2,1-7H3,(H2,72,88)(H2,73,95)(H,75,96)(H,76,99)(H,77,90)(H,78,91)(H,79,89)(H,80,98)(H,81,97)/t51-,52-,53-,54-,55-,56-,64?/m0/s1. The Labute approximate surface area is 595 Å². The number of primary amides is 2. The van der Waals surface area contributed by atoms with Crippen LogP contribution in [0.2, 0.25) is 0 Å². The number of thioether (sulfide) groups is 1. The molecule has 14 amide bonds. The summed E-state index contributed by atoms with van der Waals surface area (Å²) in [6.07, 6.45) is 3.09. The summed E-state index contributed by atoms with van der Waals surface area (Å²) < 4.78 is 0. The van der Waals surface area contributed by atoms with Gasteiger partial charge in [-0.2, -0.15) is 0 Å². The molecule has 31 heteroatoms. The zero-order valence-electron chi connectivity index (χ0n) is 58.4. The molecule has 30 nitrogen and oxygen atoms in total. The SMILES string of the molecule is CCCC(=O)N(C)CC(=O)N1CCC[C@H]1C(=O)N[C@@H](CSCC(=O)N[C@@H](Cc1ccccc1)C(=O)NC(C(=O)NCC(=O)N(C)CC(=O)N[C@@H](Cc1ccc(O)cc1)C(=O)N(C)[C@@H](Cc1ccccc1)C(=O)N(C)CC(=O)N[C@@H](Cc1c[nH]c2ccccc12)C(N)=O)C(C)C)C(=O)NCC(N)=O. The van der Waals surface area contributed by atoms with E-state index in [0.717, 1.165) is 42.9 Å². The molecule has 4 aromatic carbocycles. The van der Waals surface area contributed by atoms with Crippen molar-refractivity contribution in [3.05, 3.63) is 138 Å². The van der Waals surface area contributed by atoms with Crippen molar-refractivity contribution in [2.45, 2.75) is 114 Å². The number of phenolic OH excluding ortho intramolecular Hbond substituents is 1. The van der Waals surface area contributed by atoms with E-state index in [2.05, 4.69) is 42.2 Å². The van der Waals surface area contributed by atoms with Crippen LogP contribution in [0.5, 0.6) is 5.75 Å². The highest BCUT2D eigenvalue weighted by atomic mass is 32.2. The number of aromatic hydroxyl groups is 1. The third-order valence-corrected chi connectivity index (χ3v) is 18.1. The van der Waals surface area contributed by atoms with Gasteiger partial charge in [0.2, 0.25) is 82.7 Å². The van der Waals surface area contributed by atoms with E-state index < -0.39 is 151 Å². The Hall–Kier alpha value is -10.9. The van der Waals surface area contributed by atoms with Gasteiger partial charge in [-0.05, 0) is 65.6 Å². The molecular weight excluding hydrogens is 1330 g/mol. The topological polar surface area (TPSA) is 427 Å². The summed E-state index contributed by atoms with van der Waals surface area (Å²) in [5.74, 6) is -11.0. The van der Waals surface area contributed by atoms with Crippen LogP contribution in [0, 0.1) is 5.92 Å². The summed E-state index contributed by atoms with van der Waals surface area (Å²) in [5, 5.41) is 29.2. The van der Waals surface area contributed by atoms with Crippen LogP contribution >= 0.6 is 11.8 Å². The molecule has 1 aliphatic heterocycles. The fourth-order valence-electron chi connectivity index (χ4n) is 11.4. The van der Waals surface area contributed by atoms with Gasteiger partial charge in [0.25, 0.3) is 0 Å². The van der Waals surface area contributed by atoms with Gasteiger partial charge in [0, 0.05) is 89.7 Å². The number of amides is 14. The second-order valence-electron chi connectivity index (χ2n) is 25.4. The first-order chi connectivity index (χ1) is 48.5. The minimum absolute atomic E-state index is 0.0386. The molecule has 6 rings (SSSR count). The molecule has 0 spiro atoms. The molecule has 7 atom stereocenters. The molecule has 1 aliphatic rings. The van der Waals surface area contributed by atoms with Gasteiger partial charge in [-0.15, -0.1) is 11.8 Å². The van der Waals surface area contributed by atoms with E-state index in [0.29, 0.717) is 29.5 Å². The second kappa shape index (κ2) is 39.2. The van der Waals surface area contributed by atoms with Crippen LogP contribution in [0.4, 0.5) is 0 Å². The van der Waals surface area contributed by atoms with Crippen LogP contribution in [0.25, 0.3) is 10.9 Å².